The van der Waals surface area contributed by atoms with Gasteiger partial charge in [-0.3, -0.25) is 23.7 Å². The highest BCUT2D eigenvalue weighted by Gasteiger charge is 2.84. The Morgan fingerprint density at radius 2 is 1.03 bits per heavy atom. The van der Waals surface area contributed by atoms with E-state index in [1.54, 1.807) is 0 Å². The minimum Gasteiger partial charge on any atom is -0.462 e. The lowest BCUT2D eigenvalue weighted by Gasteiger charge is -2.31. The third kappa shape index (κ3) is 16.2. The third-order valence-electron chi connectivity index (χ3n) is 8.57. The summed E-state index contributed by atoms with van der Waals surface area (Å²) < 4.78 is 337. The highest BCUT2D eigenvalue weighted by molar-refractivity contribution is 8.05. The summed E-state index contributed by atoms with van der Waals surface area (Å²) in [6.07, 6.45) is -0.528. The molecule has 0 bridgehead atoms. The van der Waals surface area contributed by atoms with E-state index >= 15 is 0 Å². The van der Waals surface area contributed by atoms with E-state index in [-0.39, 0.29) is 50.2 Å². The second-order valence-corrected chi connectivity index (χ2v) is 22.8. The molecule has 2 rings (SSSR count). The van der Waals surface area contributed by atoms with Crippen LogP contribution < -0.4 is 17.8 Å². The zero-order chi connectivity index (χ0) is 61.3. The lowest BCUT2D eigenvalue weighted by molar-refractivity contribution is -0.247. The normalized spacial score (nSPS) is 13.4. The summed E-state index contributed by atoms with van der Waals surface area (Å²) in [6, 6.07) is 5.36. The molecule has 22 nitrogen and oxygen atoms in total. The van der Waals surface area contributed by atoms with Crippen LogP contribution in [0.25, 0.3) is 0 Å². The minimum absolute atomic E-state index is 0.0434. The van der Waals surface area contributed by atoms with E-state index in [9.17, 15) is 132 Å². The first-order chi connectivity index (χ1) is 34.8. The number of ether oxygens (including phenoxy) is 2. The first-order valence-electron chi connectivity index (χ1n) is 19.4. The predicted molar refractivity (Wildman–Crippen MR) is 227 cm³/mol. The maximum atomic E-state index is 14.0. The molecule has 0 aromatic heterocycles. The molecule has 0 fully saturated rings. The number of ketones is 2. The fraction of sp³-hybridized carbons (Fsp3) is 0.417. The SMILES string of the molecule is C=C(C)C(=O)OCCOC(=O)CCC(=O)NCCc1ccc(OS(=O)(=O)C(F)(F)C(F)(F)C(F)(F)S(=O)(=O)O)cc1.C=CC(=O)CC(=O)c1ccc(OS(=O)(=O)C(F)(F)C(F)(F)C(F)(F)S(=O)(=O)NS(=O)(=O)C(F)(F)F)cc1. The molecule has 0 spiro atoms. The van der Waals surface area contributed by atoms with Gasteiger partial charge in [-0.2, -0.15) is 91.1 Å². The Morgan fingerprint density at radius 1 is 0.603 bits per heavy atom. The summed E-state index contributed by atoms with van der Waals surface area (Å²) in [6.45, 7) is 7.36. The van der Waals surface area contributed by atoms with Gasteiger partial charge < -0.3 is 23.2 Å². The van der Waals surface area contributed by atoms with Gasteiger partial charge in [-0.15, -0.1) is 0 Å². The third-order valence-corrected chi connectivity index (χ3v) is 15.4. The van der Waals surface area contributed by atoms with E-state index in [1.165, 1.54) is 6.92 Å². The molecule has 1 amide bonds. The molecule has 0 aliphatic heterocycles. The average Bonchev–Trinajstić information content (AvgIpc) is 3.28. The molecule has 0 aliphatic carbocycles. The number of Topliss-reactive ketones (excluding diaryl/α,β-unsaturated/α-hetero) is 1. The number of allylic oxidation sites excluding steroid dienone is 1. The second-order valence-electron chi connectivity index (χ2n) is 14.5. The molecule has 42 heteroatoms. The van der Waals surface area contributed by atoms with Gasteiger partial charge in [0.25, 0.3) is 10.0 Å². The molecule has 2 aromatic rings. The average molecular weight is 1260 g/mol. The number of sulfonamides is 2. The minimum atomic E-state index is -7.92. The van der Waals surface area contributed by atoms with Crippen LogP contribution >= 0.6 is 0 Å². The van der Waals surface area contributed by atoms with Crippen LogP contribution in [0.5, 0.6) is 11.5 Å². The van der Waals surface area contributed by atoms with Crippen LogP contribution in [0.3, 0.4) is 0 Å². The molecule has 0 aliphatic rings. The topological polar surface area (TPSA) is 337 Å². The lowest BCUT2D eigenvalue weighted by atomic mass is 10.1. The number of hydrogen-bond acceptors (Lipinski definition) is 19. The van der Waals surface area contributed by atoms with Gasteiger partial charge in [0.15, 0.2) is 11.6 Å². The number of carbonyl (C=O) groups excluding carboxylic acids is 5. The number of rotatable bonds is 28. The standard InChI is InChI=1S/C21H23F6NO11S2.C15H10F9NO9S3/c1-13(2)18(31)38-12-11-37-17(30)8-7-16(29)28-10-9-14-3-5-15(6-4-14)39-41(35,36)21(26,27)19(22,23)20(24,25)40(32,33)34;1-2-9(26)7-11(27)8-3-5-10(6-4-8)34-37(32,33)14(20,21)12(16,17)13(18,19)35(28,29)25-36(30,31)15(22,23)24/h3-6H,1,7-12H2,2H3,(H,28,29)(H,32,33,34);2-6,25H,1,7H2. The quantitative estimate of drug-likeness (QED) is 0.0154. The van der Waals surface area contributed by atoms with Gasteiger partial charge in [-0.05, 0) is 61.4 Å². The summed E-state index contributed by atoms with van der Waals surface area (Å²) in [5, 5.41) is -26.0. The zero-order valence-corrected chi connectivity index (χ0v) is 42.1. The number of hydrogen-bond donors (Lipinski definition) is 3. The zero-order valence-electron chi connectivity index (χ0n) is 38.0. The second kappa shape index (κ2) is 24.9. The molecule has 442 valence electrons. The van der Waals surface area contributed by atoms with Crippen molar-refractivity contribution in [2.24, 2.45) is 0 Å². The van der Waals surface area contributed by atoms with Crippen molar-refractivity contribution in [2.45, 2.75) is 71.0 Å². The largest absolute Gasteiger partial charge is 0.512 e. The van der Waals surface area contributed by atoms with Crippen molar-refractivity contribution in [3.63, 3.8) is 0 Å². The lowest BCUT2D eigenvalue weighted by Crippen LogP contribution is -2.64. The Morgan fingerprint density at radius 3 is 1.44 bits per heavy atom. The maximum absolute atomic E-state index is 14.0. The van der Waals surface area contributed by atoms with Crippen molar-refractivity contribution in [3.05, 3.63) is 84.5 Å². The Bertz CT molecular complexity index is 3180. The number of esters is 2. The van der Waals surface area contributed by atoms with Crippen molar-refractivity contribution >= 4 is 79.8 Å². The van der Waals surface area contributed by atoms with Gasteiger partial charge in [0.1, 0.15) is 24.7 Å². The van der Waals surface area contributed by atoms with Crippen molar-refractivity contribution in [3.8, 4) is 11.5 Å². The van der Waals surface area contributed by atoms with Crippen molar-refractivity contribution < 1.29 is 154 Å². The van der Waals surface area contributed by atoms with E-state index in [0.29, 0.717) is 42.0 Å². The summed E-state index contributed by atoms with van der Waals surface area (Å²) in [4.78, 5) is 57.5. The summed E-state index contributed by atoms with van der Waals surface area (Å²) in [5.41, 5.74) is -6.61. The number of halogens is 15. The molecule has 0 unspecified atom stereocenters. The Balaban J connectivity index is 0.000000784. The highest BCUT2D eigenvalue weighted by Crippen LogP contribution is 2.52. The van der Waals surface area contributed by atoms with E-state index in [4.69, 9.17) is 14.0 Å². The number of amides is 1. The fourth-order valence-corrected chi connectivity index (χ4v) is 9.28. The molecular formula is C36H33F15N2O20S5. The van der Waals surface area contributed by atoms with Crippen molar-refractivity contribution in [2.75, 3.05) is 19.8 Å². The number of carbonyl (C=O) groups is 5. The van der Waals surface area contributed by atoms with Gasteiger partial charge in [0, 0.05) is 24.1 Å². The van der Waals surface area contributed by atoms with Crippen LogP contribution in [0.2, 0.25) is 0 Å². The van der Waals surface area contributed by atoms with Gasteiger partial charge in [0.2, 0.25) is 5.91 Å². The highest BCUT2D eigenvalue weighted by atomic mass is 32.3. The summed E-state index contributed by atoms with van der Waals surface area (Å²) in [5.74, 6) is -20.9. The monoisotopic (exact) mass is 1260 g/mol. The van der Waals surface area contributed by atoms with E-state index < -0.39 is 140 Å². The molecule has 0 heterocycles. The number of nitrogens with one attached hydrogen (secondary N) is 2. The molecule has 0 saturated heterocycles. The van der Waals surface area contributed by atoms with Gasteiger partial charge >= 0.3 is 90.7 Å². The van der Waals surface area contributed by atoms with E-state index in [0.717, 1.165) is 18.2 Å². The molecule has 0 radical (unpaired) electrons. The Hall–Kier alpha value is -6.11. The Kier molecular flexibility index (Phi) is 22.3. The van der Waals surface area contributed by atoms with E-state index in [1.807, 2.05) is 0 Å². The molecule has 78 heavy (non-hydrogen) atoms. The van der Waals surface area contributed by atoms with Gasteiger partial charge in [-0.1, -0.05) is 29.4 Å². The summed E-state index contributed by atoms with van der Waals surface area (Å²) >= 11 is 0. The molecule has 2 aromatic carbocycles. The number of alkyl halides is 15. The van der Waals surface area contributed by atoms with Crippen LogP contribution in [0.1, 0.15) is 42.1 Å². The van der Waals surface area contributed by atoms with Gasteiger partial charge in [0.05, 0.1) is 12.8 Å². The van der Waals surface area contributed by atoms with E-state index in [2.05, 4.69) is 26.8 Å². The fourth-order valence-electron chi connectivity index (χ4n) is 4.46. The number of benzene rings is 2. The van der Waals surface area contributed by atoms with Crippen LogP contribution in [-0.2, 0) is 85.5 Å². The van der Waals surface area contributed by atoms with Crippen LogP contribution in [0.4, 0.5) is 65.9 Å². The summed E-state index contributed by atoms with van der Waals surface area (Å²) in [7, 11) is -36.7. The maximum Gasteiger partial charge on any atom is 0.512 e. The van der Waals surface area contributed by atoms with Crippen LogP contribution in [-0.4, -0.2) is 134 Å². The van der Waals surface area contributed by atoms with Crippen LogP contribution in [0, 0.1) is 0 Å². The molecule has 3 N–H and O–H groups in total. The van der Waals surface area contributed by atoms with Crippen LogP contribution in [0.15, 0.2) is 73.3 Å². The van der Waals surface area contributed by atoms with Crippen molar-refractivity contribution in [1.82, 2.24) is 9.44 Å². The first-order valence-corrected chi connectivity index (χ1v) is 26.6. The predicted octanol–water partition coefficient (Wildman–Crippen LogP) is 4.52. The molecular weight excluding hydrogens is 1230 g/mol. The Labute approximate surface area is 429 Å². The smallest absolute Gasteiger partial charge is 0.462 e. The van der Waals surface area contributed by atoms with Crippen molar-refractivity contribution in [1.29, 1.82) is 0 Å². The molecule has 0 atom stereocenters. The molecule has 0 saturated carbocycles. The first kappa shape index (κ1) is 69.9. The van der Waals surface area contributed by atoms with Gasteiger partial charge in [-0.25, -0.2) is 21.6 Å².